The summed E-state index contributed by atoms with van der Waals surface area (Å²) in [6.45, 7) is 1.05. The van der Waals surface area contributed by atoms with Crippen molar-refractivity contribution in [2.24, 2.45) is 0 Å². The van der Waals surface area contributed by atoms with Gasteiger partial charge in [0.15, 0.2) is 5.76 Å². The van der Waals surface area contributed by atoms with E-state index >= 15 is 0 Å². The molecular formula is C14H11N5O3. The first-order valence-corrected chi connectivity index (χ1v) is 6.75. The van der Waals surface area contributed by atoms with Crippen LogP contribution in [0.1, 0.15) is 22.4 Å². The lowest BCUT2D eigenvalue weighted by Gasteiger charge is -2.36. The van der Waals surface area contributed by atoms with Crippen LogP contribution < -0.4 is 0 Å². The van der Waals surface area contributed by atoms with E-state index in [2.05, 4.69) is 20.1 Å². The average Bonchev–Trinajstić information content (AvgIpc) is 3.18. The molecule has 8 heteroatoms. The van der Waals surface area contributed by atoms with Crippen molar-refractivity contribution in [2.45, 2.75) is 5.92 Å². The third-order valence-corrected chi connectivity index (χ3v) is 3.46. The molecule has 3 aromatic heterocycles. The zero-order valence-corrected chi connectivity index (χ0v) is 11.4. The summed E-state index contributed by atoms with van der Waals surface area (Å²) in [5, 5.41) is 3.88. The number of hydrogen-bond acceptors (Lipinski definition) is 7. The molecule has 4 heterocycles. The van der Waals surface area contributed by atoms with Crippen molar-refractivity contribution >= 4 is 5.91 Å². The fourth-order valence-corrected chi connectivity index (χ4v) is 2.26. The van der Waals surface area contributed by atoms with E-state index in [4.69, 9.17) is 8.94 Å². The average molecular weight is 297 g/mol. The highest BCUT2D eigenvalue weighted by molar-refractivity contribution is 5.92. The number of hydrogen-bond donors (Lipinski definition) is 0. The Morgan fingerprint density at radius 3 is 2.73 bits per heavy atom. The topological polar surface area (TPSA) is 98.2 Å². The second-order valence-electron chi connectivity index (χ2n) is 4.91. The van der Waals surface area contributed by atoms with Gasteiger partial charge >= 0.3 is 0 Å². The quantitative estimate of drug-likeness (QED) is 0.719. The molecule has 0 aliphatic carbocycles. The predicted octanol–water partition coefficient (Wildman–Crippen LogP) is 1.36. The van der Waals surface area contributed by atoms with Gasteiger partial charge in [0.2, 0.25) is 17.5 Å². The Morgan fingerprint density at radius 1 is 1.18 bits per heavy atom. The van der Waals surface area contributed by atoms with E-state index < -0.39 is 0 Å². The van der Waals surface area contributed by atoms with Crippen molar-refractivity contribution in [1.82, 2.24) is 25.0 Å². The van der Waals surface area contributed by atoms with E-state index in [-0.39, 0.29) is 11.8 Å². The second-order valence-corrected chi connectivity index (χ2v) is 4.91. The molecule has 0 spiro atoms. The van der Waals surface area contributed by atoms with Crippen molar-refractivity contribution in [1.29, 1.82) is 0 Å². The summed E-state index contributed by atoms with van der Waals surface area (Å²) in [5.74, 6) is 1.50. The van der Waals surface area contributed by atoms with Crippen LogP contribution in [-0.2, 0) is 0 Å². The van der Waals surface area contributed by atoms with Gasteiger partial charge in [-0.15, -0.1) is 0 Å². The molecule has 8 nitrogen and oxygen atoms in total. The molecule has 0 radical (unpaired) electrons. The van der Waals surface area contributed by atoms with Crippen molar-refractivity contribution < 1.29 is 13.7 Å². The van der Waals surface area contributed by atoms with Crippen LogP contribution in [0.5, 0.6) is 0 Å². The van der Waals surface area contributed by atoms with Gasteiger partial charge in [0.1, 0.15) is 0 Å². The number of carbonyl (C=O) groups excluding carboxylic acids is 1. The fourth-order valence-electron chi connectivity index (χ4n) is 2.26. The monoisotopic (exact) mass is 297 g/mol. The third kappa shape index (κ3) is 2.14. The Labute approximate surface area is 124 Å². The van der Waals surface area contributed by atoms with Crippen LogP contribution in [0.25, 0.3) is 11.6 Å². The van der Waals surface area contributed by atoms with Crippen LogP contribution in [0, 0.1) is 0 Å². The third-order valence-electron chi connectivity index (χ3n) is 3.46. The standard InChI is InChI=1S/C14H11N5O3/c20-14(10-3-1-6-21-10)19-7-9(8-19)13-17-12(18-22-13)11-15-4-2-5-16-11/h1-6,9H,7-8H2. The fraction of sp³-hybridized carbons (Fsp3) is 0.214. The smallest absolute Gasteiger partial charge is 0.289 e. The molecule has 1 fully saturated rings. The predicted molar refractivity (Wildman–Crippen MR) is 72.7 cm³/mol. The van der Waals surface area contributed by atoms with Crippen molar-refractivity contribution in [3.63, 3.8) is 0 Å². The number of furan rings is 1. The lowest BCUT2D eigenvalue weighted by molar-refractivity contribution is 0.0537. The summed E-state index contributed by atoms with van der Waals surface area (Å²) in [4.78, 5) is 26.1. The van der Waals surface area contributed by atoms with E-state index in [0.717, 1.165) is 0 Å². The van der Waals surface area contributed by atoms with Gasteiger partial charge in [-0.1, -0.05) is 5.16 Å². The molecule has 4 rings (SSSR count). The molecule has 1 amide bonds. The van der Waals surface area contributed by atoms with Gasteiger partial charge in [0, 0.05) is 25.5 Å². The molecule has 110 valence electrons. The zero-order valence-electron chi connectivity index (χ0n) is 11.4. The Hall–Kier alpha value is -3.03. The van der Waals surface area contributed by atoms with Crippen LogP contribution in [-0.4, -0.2) is 44.0 Å². The minimum atomic E-state index is -0.132. The molecule has 0 bridgehead atoms. The highest BCUT2D eigenvalue weighted by atomic mass is 16.5. The van der Waals surface area contributed by atoms with Crippen LogP contribution >= 0.6 is 0 Å². The summed E-state index contributed by atoms with van der Waals surface area (Å²) in [6, 6.07) is 5.05. The summed E-state index contributed by atoms with van der Waals surface area (Å²) >= 11 is 0. The SMILES string of the molecule is O=C(c1ccco1)N1CC(c2nc(-c3ncccn3)no2)C1. The first kappa shape index (κ1) is 12.7. The van der Waals surface area contributed by atoms with Crippen LogP contribution in [0.2, 0.25) is 0 Å². The maximum Gasteiger partial charge on any atom is 0.289 e. The largest absolute Gasteiger partial charge is 0.459 e. The molecule has 0 atom stereocenters. The van der Waals surface area contributed by atoms with E-state index in [1.54, 1.807) is 35.5 Å². The Bertz CT molecular complexity index is 778. The second kappa shape index (κ2) is 5.06. The molecule has 0 aromatic carbocycles. The molecule has 1 aliphatic rings. The maximum absolute atomic E-state index is 12.0. The Morgan fingerprint density at radius 2 is 2.00 bits per heavy atom. The number of aromatic nitrogens is 4. The van der Waals surface area contributed by atoms with Gasteiger partial charge in [-0.2, -0.15) is 4.98 Å². The van der Waals surface area contributed by atoms with Gasteiger partial charge in [-0.3, -0.25) is 4.79 Å². The summed E-state index contributed by atoms with van der Waals surface area (Å²) in [6.07, 6.45) is 4.71. The van der Waals surface area contributed by atoms with Crippen LogP contribution in [0.15, 0.2) is 45.8 Å². The van der Waals surface area contributed by atoms with Gasteiger partial charge in [-0.05, 0) is 18.2 Å². The van der Waals surface area contributed by atoms with Crippen molar-refractivity contribution in [3.8, 4) is 11.6 Å². The van der Waals surface area contributed by atoms with Crippen LogP contribution in [0.3, 0.4) is 0 Å². The normalized spacial score (nSPS) is 14.8. The first-order valence-electron chi connectivity index (χ1n) is 6.75. The van der Waals surface area contributed by atoms with Crippen LogP contribution in [0.4, 0.5) is 0 Å². The minimum Gasteiger partial charge on any atom is -0.459 e. The number of nitrogens with zero attached hydrogens (tertiary/aromatic N) is 5. The maximum atomic E-state index is 12.0. The van der Waals surface area contributed by atoms with Gasteiger partial charge in [-0.25, -0.2) is 9.97 Å². The van der Waals surface area contributed by atoms with Gasteiger partial charge in [0.05, 0.1) is 12.2 Å². The number of carbonyl (C=O) groups is 1. The number of likely N-dealkylation sites (tertiary alicyclic amines) is 1. The summed E-state index contributed by atoms with van der Waals surface area (Å²) in [7, 11) is 0. The molecular weight excluding hydrogens is 286 g/mol. The van der Waals surface area contributed by atoms with Gasteiger partial charge in [0.25, 0.3) is 5.91 Å². The molecule has 3 aromatic rings. The van der Waals surface area contributed by atoms with E-state index in [0.29, 0.717) is 36.4 Å². The molecule has 1 saturated heterocycles. The Balaban J connectivity index is 1.43. The minimum absolute atomic E-state index is 0.0314. The van der Waals surface area contributed by atoms with Crippen molar-refractivity contribution in [3.05, 3.63) is 48.5 Å². The highest BCUT2D eigenvalue weighted by Gasteiger charge is 2.37. The molecule has 0 saturated carbocycles. The van der Waals surface area contributed by atoms with E-state index in [9.17, 15) is 4.79 Å². The molecule has 0 unspecified atom stereocenters. The lowest BCUT2D eigenvalue weighted by Crippen LogP contribution is -2.48. The number of amides is 1. The zero-order chi connectivity index (χ0) is 14.9. The van der Waals surface area contributed by atoms with Crippen molar-refractivity contribution in [2.75, 3.05) is 13.1 Å². The molecule has 0 N–H and O–H groups in total. The highest BCUT2D eigenvalue weighted by Crippen LogP contribution is 2.28. The summed E-state index contributed by atoms with van der Waals surface area (Å²) < 4.78 is 10.3. The molecule has 22 heavy (non-hydrogen) atoms. The first-order chi connectivity index (χ1) is 10.8. The van der Waals surface area contributed by atoms with E-state index in [1.165, 1.54) is 6.26 Å². The Kier molecular flexibility index (Phi) is 2.92. The van der Waals surface area contributed by atoms with E-state index in [1.807, 2.05) is 0 Å². The van der Waals surface area contributed by atoms with Gasteiger partial charge < -0.3 is 13.8 Å². The number of rotatable bonds is 3. The summed E-state index contributed by atoms with van der Waals surface area (Å²) in [5.41, 5.74) is 0. The lowest BCUT2D eigenvalue weighted by atomic mass is 10.00. The molecule has 1 aliphatic heterocycles.